The highest BCUT2D eigenvalue weighted by molar-refractivity contribution is 5.91. The third-order valence-corrected chi connectivity index (χ3v) is 5.58. The summed E-state index contributed by atoms with van der Waals surface area (Å²) in [6.07, 6.45) is 1.48. The summed E-state index contributed by atoms with van der Waals surface area (Å²) in [5.41, 5.74) is 1.33. The summed E-state index contributed by atoms with van der Waals surface area (Å²) >= 11 is 0. The molecule has 9 heteroatoms. The first-order valence-corrected chi connectivity index (χ1v) is 10.9. The third-order valence-electron chi connectivity index (χ3n) is 5.58. The summed E-state index contributed by atoms with van der Waals surface area (Å²) < 4.78 is 22.7. The Kier molecular flexibility index (Phi) is 5.79. The molecule has 0 spiro atoms. The van der Waals surface area contributed by atoms with Crippen molar-refractivity contribution in [2.45, 2.75) is 13.5 Å². The molecule has 0 bridgehead atoms. The van der Waals surface area contributed by atoms with Gasteiger partial charge in [-0.1, -0.05) is 17.7 Å². The maximum Gasteiger partial charge on any atom is 0.289 e. The quantitative estimate of drug-likeness (QED) is 0.422. The van der Waals surface area contributed by atoms with Crippen molar-refractivity contribution in [3.05, 3.63) is 77.6 Å². The van der Waals surface area contributed by atoms with E-state index in [9.17, 15) is 10.1 Å². The predicted molar refractivity (Wildman–Crippen MR) is 121 cm³/mol. The van der Waals surface area contributed by atoms with Gasteiger partial charge in [0, 0.05) is 26.2 Å². The minimum atomic E-state index is -0.153. The van der Waals surface area contributed by atoms with Crippen molar-refractivity contribution in [1.29, 1.82) is 5.26 Å². The molecule has 0 aliphatic carbocycles. The highest BCUT2D eigenvalue weighted by atomic mass is 16.5. The molecular formula is C25H22N4O5. The smallest absolute Gasteiger partial charge is 0.289 e. The first-order valence-electron chi connectivity index (χ1n) is 10.9. The number of piperazine rings is 1. The van der Waals surface area contributed by atoms with E-state index in [1.165, 1.54) is 6.26 Å². The van der Waals surface area contributed by atoms with Gasteiger partial charge < -0.3 is 27.8 Å². The SMILES string of the molecule is Cc1ccc(OCc2ccc(-c3nc(C#N)c(N4CCN(C(=O)c5ccco5)CC4)o3)o2)cc1. The summed E-state index contributed by atoms with van der Waals surface area (Å²) in [6, 6.07) is 16.7. The van der Waals surface area contributed by atoms with Crippen LogP contribution in [0.1, 0.15) is 27.6 Å². The average Bonchev–Trinajstić information content (AvgIpc) is 3.64. The monoisotopic (exact) mass is 458 g/mol. The fraction of sp³-hybridized carbons (Fsp3) is 0.240. The fourth-order valence-electron chi connectivity index (χ4n) is 3.73. The zero-order valence-electron chi connectivity index (χ0n) is 18.6. The molecule has 1 saturated heterocycles. The topological polar surface area (TPSA) is 109 Å². The number of benzene rings is 1. The van der Waals surface area contributed by atoms with E-state index in [4.69, 9.17) is 18.0 Å². The van der Waals surface area contributed by atoms with E-state index in [1.807, 2.05) is 36.1 Å². The normalized spacial score (nSPS) is 13.6. The number of aromatic nitrogens is 1. The molecule has 0 unspecified atom stereocenters. The molecule has 1 fully saturated rings. The van der Waals surface area contributed by atoms with Gasteiger partial charge in [-0.2, -0.15) is 10.2 Å². The maximum atomic E-state index is 12.5. The number of furan rings is 2. The van der Waals surface area contributed by atoms with E-state index >= 15 is 0 Å². The highest BCUT2D eigenvalue weighted by Crippen LogP contribution is 2.30. The zero-order valence-corrected chi connectivity index (χ0v) is 18.6. The Morgan fingerprint density at radius 2 is 1.88 bits per heavy atom. The van der Waals surface area contributed by atoms with E-state index in [1.54, 1.807) is 29.2 Å². The van der Waals surface area contributed by atoms with Gasteiger partial charge in [0.25, 0.3) is 11.8 Å². The van der Waals surface area contributed by atoms with Gasteiger partial charge in [0.2, 0.25) is 11.6 Å². The number of carbonyl (C=O) groups excluding carboxylic acids is 1. The van der Waals surface area contributed by atoms with Crippen LogP contribution in [-0.2, 0) is 6.61 Å². The van der Waals surface area contributed by atoms with Gasteiger partial charge in [0.05, 0.1) is 6.26 Å². The Morgan fingerprint density at radius 3 is 2.59 bits per heavy atom. The van der Waals surface area contributed by atoms with Crippen molar-refractivity contribution in [3.63, 3.8) is 0 Å². The Hall–Kier alpha value is -4.45. The minimum Gasteiger partial charge on any atom is -0.486 e. The molecule has 4 heterocycles. The summed E-state index contributed by atoms with van der Waals surface area (Å²) in [7, 11) is 0. The number of nitriles is 1. The summed E-state index contributed by atoms with van der Waals surface area (Å²) in [5, 5.41) is 9.58. The van der Waals surface area contributed by atoms with Crippen LogP contribution in [0.15, 0.2) is 68.0 Å². The van der Waals surface area contributed by atoms with Gasteiger partial charge in [-0.25, -0.2) is 0 Å². The van der Waals surface area contributed by atoms with Gasteiger partial charge >= 0.3 is 0 Å². The lowest BCUT2D eigenvalue weighted by Crippen LogP contribution is -2.48. The Labute approximate surface area is 195 Å². The van der Waals surface area contributed by atoms with E-state index < -0.39 is 0 Å². The molecule has 9 nitrogen and oxygen atoms in total. The number of anilines is 1. The van der Waals surface area contributed by atoms with Crippen LogP contribution in [0.3, 0.4) is 0 Å². The second kappa shape index (κ2) is 9.19. The third kappa shape index (κ3) is 4.38. The predicted octanol–water partition coefficient (Wildman–Crippen LogP) is 4.25. The summed E-state index contributed by atoms with van der Waals surface area (Å²) in [6.45, 7) is 4.23. The molecule has 3 aromatic heterocycles. The molecule has 172 valence electrons. The molecule has 0 atom stereocenters. The van der Waals surface area contributed by atoms with Crippen LogP contribution in [0.5, 0.6) is 5.75 Å². The van der Waals surface area contributed by atoms with E-state index in [-0.39, 0.29) is 24.1 Å². The zero-order chi connectivity index (χ0) is 23.5. The lowest BCUT2D eigenvalue weighted by atomic mass is 10.2. The maximum absolute atomic E-state index is 12.5. The number of carbonyl (C=O) groups is 1. The van der Waals surface area contributed by atoms with Gasteiger partial charge in [-0.15, -0.1) is 0 Å². The Bertz CT molecular complexity index is 1310. The second-order valence-electron chi connectivity index (χ2n) is 7.91. The largest absolute Gasteiger partial charge is 0.486 e. The van der Waals surface area contributed by atoms with Crippen LogP contribution < -0.4 is 9.64 Å². The molecule has 1 amide bonds. The number of hydrogen-bond donors (Lipinski definition) is 0. The van der Waals surface area contributed by atoms with Crippen molar-refractivity contribution in [1.82, 2.24) is 9.88 Å². The van der Waals surface area contributed by atoms with Crippen LogP contribution in [0.25, 0.3) is 11.7 Å². The first kappa shape index (κ1) is 21.4. The highest BCUT2D eigenvalue weighted by Gasteiger charge is 2.28. The minimum absolute atomic E-state index is 0.153. The standard InChI is InChI=1S/C25H22N4O5/c1-17-4-6-18(7-5-17)32-16-19-8-9-21(33-19)23-27-20(15-26)25(34-23)29-12-10-28(11-13-29)24(30)22-3-2-14-31-22/h2-9,14H,10-13,16H2,1H3. The number of rotatable bonds is 6. The van der Waals surface area contributed by atoms with Crippen molar-refractivity contribution in [3.8, 4) is 23.5 Å². The first-order chi connectivity index (χ1) is 16.6. The van der Waals surface area contributed by atoms with Crippen LogP contribution in [0, 0.1) is 18.3 Å². The van der Waals surface area contributed by atoms with Crippen LogP contribution >= 0.6 is 0 Å². The molecule has 1 aromatic carbocycles. The van der Waals surface area contributed by atoms with Gasteiger partial charge in [0.1, 0.15) is 24.2 Å². The molecule has 1 aliphatic heterocycles. The number of hydrogen-bond acceptors (Lipinski definition) is 8. The van der Waals surface area contributed by atoms with E-state index in [2.05, 4.69) is 11.1 Å². The van der Waals surface area contributed by atoms with Crippen molar-refractivity contribution in [2.24, 2.45) is 0 Å². The van der Waals surface area contributed by atoms with E-state index in [0.29, 0.717) is 49.3 Å². The van der Waals surface area contributed by atoms with Crippen LogP contribution in [0.4, 0.5) is 5.88 Å². The van der Waals surface area contributed by atoms with Gasteiger partial charge in [-0.3, -0.25) is 4.79 Å². The number of oxazole rings is 1. The lowest BCUT2D eigenvalue weighted by molar-refractivity contribution is 0.0713. The molecule has 0 saturated carbocycles. The second-order valence-corrected chi connectivity index (χ2v) is 7.91. The number of ether oxygens (including phenoxy) is 1. The molecule has 0 radical (unpaired) electrons. The molecule has 5 rings (SSSR count). The summed E-state index contributed by atoms with van der Waals surface area (Å²) in [4.78, 5) is 20.4. The van der Waals surface area contributed by atoms with Crippen molar-refractivity contribution in [2.75, 3.05) is 31.1 Å². The molecule has 0 N–H and O–H groups in total. The summed E-state index contributed by atoms with van der Waals surface area (Å²) in [5.74, 6) is 2.53. The average molecular weight is 458 g/mol. The Balaban J connectivity index is 1.25. The van der Waals surface area contributed by atoms with Gasteiger partial charge in [-0.05, 0) is 43.3 Å². The van der Waals surface area contributed by atoms with Crippen LogP contribution in [0.2, 0.25) is 0 Å². The Morgan fingerprint density at radius 1 is 1.09 bits per heavy atom. The van der Waals surface area contributed by atoms with Crippen molar-refractivity contribution < 1.29 is 22.8 Å². The number of nitrogens with zero attached hydrogens (tertiary/aromatic N) is 4. The van der Waals surface area contributed by atoms with Crippen molar-refractivity contribution >= 4 is 11.8 Å². The van der Waals surface area contributed by atoms with E-state index in [0.717, 1.165) is 11.3 Å². The molecule has 4 aromatic rings. The number of amides is 1. The van der Waals surface area contributed by atoms with Crippen LogP contribution in [-0.4, -0.2) is 42.0 Å². The molecule has 34 heavy (non-hydrogen) atoms. The fourth-order valence-corrected chi connectivity index (χ4v) is 3.73. The molecule has 1 aliphatic rings. The molecular weight excluding hydrogens is 436 g/mol. The lowest BCUT2D eigenvalue weighted by Gasteiger charge is -2.34. The van der Waals surface area contributed by atoms with Gasteiger partial charge in [0.15, 0.2) is 11.5 Å². The number of aryl methyl sites for hydroxylation is 1.